The number of nitrogens with zero attached hydrogens (tertiary/aromatic N) is 2. The number of H-pyrrole nitrogens is 1. The van der Waals surface area contributed by atoms with E-state index in [4.69, 9.17) is 23.2 Å². The molecule has 0 spiro atoms. The lowest BCUT2D eigenvalue weighted by Gasteiger charge is -2.02. The van der Waals surface area contributed by atoms with Crippen LogP contribution < -0.4 is 5.56 Å². The van der Waals surface area contributed by atoms with Crippen molar-refractivity contribution in [3.63, 3.8) is 0 Å². The van der Waals surface area contributed by atoms with Gasteiger partial charge in [0, 0.05) is 9.90 Å². The Bertz CT molecular complexity index is 998. The first-order valence-corrected chi connectivity index (χ1v) is 7.71. The number of nitriles is 1. The molecular weight excluding hydrogens is 341 g/mol. The van der Waals surface area contributed by atoms with Gasteiger partial charge in [0.1, 0.15) is 6.07 Å². The number of nitrogens with one attached hydrogen (secondary N) is 1. The molecule has 0 saturated heterocycles. The minimum atomic E-state index is -0.318. The maximum Gasteiger partial charge on any atom is 0.259 e. The van der Waals surface area contributed by atoms with Gasteiger partial charge in [-0.05, 0) is 36.4 Å². The van der Waals surface area contributed by atoms with E-state index in [-0.39, 0.29) is 17.0 Å². The van der Waals surface area contributed by atoms with Crippen molar-refractivity contribution in [3.8, 4) is 6.07 Å². The summed E-state index contributed by atoms with van der Waals surface area (Å²) in [6.07, 6.45) is 1.63. The van der Waals surface area contributed by atoms with E-state index in [0.29, 0.717) is 20.3 Å². The zero-order chi connectivity index (χ0) is 15.7. The van der Waals surface area contributed by atoms with Crippen molar-refractivity contribution in [2.45, 2.75) is 0 Å². The average molecular weight is 348 g/mol. The van der Waals surface area contributed by atoms with Crippen molar-refractivity contribution in [2.75, 3.05) is 0 Å². The second-order valence-electron chi connectivity index (χ2n) is 4.39. The predicted molar refractivity (Wildman–Crippen MR) is 90.2 cm³/mol. The van der Waals surface area contributed by atoms with Crippen LogP contribution in [-0.4, -0.2) is 9.97 Å². The Kier molecular flexibility index (Phi) is 3.99. The van der Waals surface area contributed by atoms with Crippen LogP contribution in [0.25, 0.3) is 22.6 Å². The fourth-order valence-corrected chi connectivity index (χ4v) is 3.11. The van der Waals surface area contributed by atoms with Crippen LogP contribution in [0.15, 0.2) is 35.1 Å². The molecule has 0 aliphatic carbocycles. The van der Waals surface area contributed by atoms with E-state index in [0.717, 1.165) is 4.88 Å². The highest BCUT2D eigenvalue weighted by atomic mass is 35.5. The molecule has 7 heteroatoms. The number of allylic oxidation sites excluding steroid dienone is 1. The first-order chi connectivity index (χ1) is 10.6. The predicted octanol–water partition coefficient (Wildman–Crippen LogP) is 4.36. The lowest BCUT2D eigenvalue weighted by molar-refractivity contribution is 1.13. The zero-order valence-corrected chi connectivity index (χ0v) is 13.3. The van der Waals surface area contributed by atoms with Crippen molar-refractivity contribution in [1.82, 2.24) is 9.97 Å². The number of aromatic amines is 1. The van der Waals surface area contributed by atoms with Crippen molar-refractivity contribution < 1.29 is 0 Å². The number of fused-ring (bicyclic) bond motifs is 1. The number of benzene rings is 1. The number of halogens is 2. The highest BCUT2D eigenvalue weighted by Gasteiger charge is 2.09. The summed E-state index contributed by atoms with van der Waals surface area (Å²) in [5.74, 6) is 0.201. The molecule has 108 valence electrons. The van der Waals surface area contributed by atoms with Gasteiger partial charge in [0.15, 0.2) is 5.82 Å². The average Bonchev–Trinajstić information content (AvgIpc) is 2.89. The molecule has 0 radical (unpaired) electrons. The fraction of sp³-hybridized carbons (Fsp3) is 0. The number of hydrogen-bond donors (Lipinski definition) is 1. The third-order valence-corrected chi connectivity index (χ3v) is 4.34. The number of hydrogen-bond acceptors (Lipinski definition) is 4. The largest absolute Gasteiger partial charge is 0.305 e. The molecule has 1 aromatic carbocycles. The summed E-state index contributed by atoms with van der Waals surface area (Å²) < 4.78 is 0.621. The van der Waals surface area contributed by atoms with Gasteiger partial charge in [-0.3, -0.25) is 4.79 Å². The highest BCUT2D eigenvalue weighted by molar-refractivity contribution is 7.17. The molecule has 0 amide bonds. The van der Waals surface area contributed by atoms with Crippen LogP contribution in [0.5, 0.6) is 0 Å². The lowest BCUT2D eigenvalue weighted by Crippen LogP contribution is -2.11. The SMILES string of the molecule is N#C/C(=C/c1ccc(Cl)s1)c1nc2cc(Cl)ccc2c(=O)[nH]1. The van der Waals surface area contributed by atoms with Gasteiger partial charge in [0.2, 0.25) is 0 Å². The smallest absolute Gasteiger partial charge is 0.259 e. The Balaban J connectivity index is 2.18. The Morgan fingerprint density at radius 1 is 1.32 bits per heavy atom. The molecule has 1 N–H and O–H groups in total. The summed E-state index contributed by atoms with van der Waals surface area (Å²) in [5, 5.41) is 10.2. The lowest BCUT2D eigenvalue weighted by atomic mass is 10.2. The summed E-state index contributed by atoms with van der Waals surface area (Å²) in [6, 6.07) is 10.4. The van der Waals surface area contributed by atoms with E-state index in [1.54, 1.807) is 36.4 Å². The summed E-state index contributed by atoms with van der Waals surface area (Å²) in [5.41, 5.74) is 0.371. The zero-order valence-electron chi connectivity index (χ0n) is 10.9. The molecule has 2 heterocycles. The normalized spacial score (nSPS) is 11.6. The summed E-state index contributed by atoms with van der Waals surface area (Å²) >= 11 is 13.1. The molecule has 3 rings (SSSR count). The second kappa shape index (κ2) is 5.93. The van der Waals surface area contributed by atoms with Crippen LogP contribution >= 0.6 is 34.5 Å². The minimum Gasteiger partial charge on any atom is -0.305 e. The molecule has 2 aromatic heterocycles. The molecule has 0 unspecified atom stereocenters. The number of thiophene rings is 1. The van der Waals surface area contributed by atoms with Gasteiger partial charge in [-0.25, -0.2) is 4.98 Å². The quantitative estimate of drug-likeness (QED) is 0.700. The molecule has 0 saturated carbocycles. The molecule has 0 aliphatic rings. The van der Waals surface area contributed by atoms with Gasteiger partial charge in [-0.15, -0.1) is 11.3 Å². The summed E-state index contributed by atoms with van der Waals surface area (Å²) in [7, 11) is 0. The number of rotatable bonds is 2. The van der Waals surface area contributed by atoms with E-state index in [1.165, 1.54) is 11.3 Å². The highest BCUT2D eigenvalue weighted by Crippen LogP contribution is 2.25. The van der Waals surface area contributed by atoms with Gasteiger partial charge in [0.25, 0.3) is 5.56 Å². The molecule has 4 nitrogen and oxygen atoms in total. The van der Waals surface area contributed by atoms with Crippen LogP contribution in [0, 0.1) is 11.3 Å². The van der Waals surface area contributed by atoms with Gasteiger partial charge in [-0.1, -0.05) is 23.2 Å². The summed E-state index contributed by atoms with van der Waals surface area (Å²) in [6.45, 7) is 0. The van der Waals surface area contributed by atoms with Gasteiger partial charge >= 0.3 is 0 Å². The molecule has 0 fully saturated rings. The van der Waals surface area contributed by atoms with E-state index >= 15 is 0 Å². The fourth-order valence-electron chi connectivity index (χ4n) is 1.94. The third kappa shape index (κ3) is 2.90. The standard InChI is InChI=1S/C15H7Cl2N3OS/c16-9-1-3-11-12(6-9)19-14(20-15(11)21)8(7-18)5-10-2-4-13(17)22-10/h1-6H,(H,19,20,21)/b8-5-. The van der Waals surface area contributed by atoms with Crippen LogP contribution in [-0.2, 0) is 0 Å². The Morgan fingerprint density at radius 3 is 2.82 bits per heavy atom. The van der Waals surface area contributed by atoms with E-state index in [2.05, 4.69) is 9.97 Å². The van der Waals surface area contributed by atoms with Crippen molar-refractivity contribution in [1.29, 1.82) is 5.26 Å². The van der Waals surface area contributed by atoms with E-state index in [9.17, 15) is 10.1 Å². The van der Waals surface area contributed by atoms with Crippen LogP contribution in [0.1, 0.15) is 10.7 Å². The van der Waals surface area contributed by atoms with E-state index < -0.39 is 0 Å². The number of aromatic nitrogens is 2. The first-order valence-electron chi connectivity index (χ1n) is 6.14. The molecule has 0 atom stereocenters. The van der Waals surface area contributed by atoms with Gasteiger partial charge in [0.05, 0.1) is 20.8 Å². The van der Waals surface area contributed by atoms with Crippen LogP contribution in [0.3, 0.4) is 0 Å². The Morgan fingerprint density at radius 2 is 2.14 bits per heavy atom. The van der Waals surface area contributed by atoms with Crippen LogP contribution in [0.2, 0.25) is 9.36 Å². The molecule has 0 bridgehead atoms. The van der Waals surface area contributed by atoms with E-state index in [1.807, 2.05) is 6.07 Å². The summed E-state index contributed by atoms with van der Waals surface area (Å²) in [4.78, 5) is 19.8. The monoisotopic (exact) mass is 347 g/mol. The van der Waals surface area contributed by atoms with Crippen molar-refractivity contribution >= 4 is 57.1 Å². The van der Waals surface area contributed by atoms with Gasteiger partial charge < -0.3 is 4.98 Å². The third-order valence-electron chi connectivity index (χ3n) is 2.92. The topological polar surface area (TPSA) is 69.5 Å². The molecule has 22 heavy (non-hydrogen) atoms. The maximum absolute atomic E-state index is 12.1. The minimum absolute atomic E-state index is 0.201. The molecule has 3 aromatic rings. The van der Waals surface area contributed by atoms with Gasteiger partial charge in [-0.2, -0.15) is 5.26 Å². The van der Waals surface area contributed by atoms with Crippen molar-refractivity contribution in [2.24, 2.45) is 0 Å². The first kappa shape index (κ1) is 14.8. The molecular formula is C15H7Cl2N3OS. The Labute approximate surface area is 139 Å². The maximum atomic E-state index is 12.1. The van der Waals surface area contributed by atoms with Crippen molar-refractivity contribution in [3.05, 3.63) is 60.7 Å². The molecule has 0 aliphatic heterocycles. The second-order valence-corrected chi connectivity index (χ2v) is 6.57. The Hall–Kier alpha value is -2.13. The van der Waals surface area contributed by atoms with Crippen LogP contribution in [0.4, 0.5) is 0 Å².